The van der Waals surface area contributed by atoms with Gasteiger partial charge in [-0.25, -0.2) is 0 Å². The van der Waals surface area contributed by atoms with Crippen molar-refractivity contribution < 1.29 is 18.8 Å². The third-order valence-electron chi connectivity index (χ3n) is 5.28. The van der Waals surface area contributed by atoms with Gasteiger partial charge >= 0.3 is 0 Å². The number of anilines is 1. The average molecular weight is 412 g/mol. The van der Waals surface area contributed by atoms with Crippen LogP contribution in [-0.2, 0) is 20.9 Å². The van der Waals surface area contributed by atoms with E-state index in [1.54, 1.807) is 24.5 Å². The Labute approximate surface area is 176 Å². The molecule has 0 aliphatic heterocycles. The van der Waals surface area contributed by atoms with E-state index < -0.39 is 0 Å². The van der Waals surface area contributed by atoms with Gasteiger partial charge in [0, 0.05) is 11.6 Å². The number of nitrogens with one attached hydrogen (secondary N) is 2. The lowest BCUT2D eigenvalue weighted by molar-refractivity contribution is -0.141. The number of carbonyl (C=O) groups is 3. The minimum atomic E-state index is -0.370. The summed E-state index contributed by atoms with van der Waals surface area (Å²) >= 11 is 0. The van der Waals surface area contributed by atoms with Gasteiger partial charge in [-0.1, -0.05) is 31.4 Å². The van der Waals surface area contributed by atoms with E-state index in [9.17, 15) is 14.4 Å². The fraction of sp³-hybridized carbons (Fsp3) is 0.435. The summed E-state index contributed by atoms with van der Waals surface area (Å²) in [5.41, 5.74) is 1.72. The molecule has 2 N–H and O–H groups in total. The van der Waals surface area contributed by atoms with Gasteiger partial charge in [0.1, 0.15) is 12.3 Å². The highest BCUT2D eigenvalue weighted by Gasteiger charge is 2.28. The van der Waals surface area contributed by atoms with Crippen LogP contribution in [0.2, 0.25) is 0 Å². The number of nitrogens with zero attached hydrogens (tertiary/aromatic N) is 1. The molecule has 1 heterocycles. The highest BCUT2D eigenvalue weighted by atomic mass is 16.3. The number of furan rings is 1. The van der Waals surface area contributed by atoms with Crippen molar-refractivity contribution in [2.75, 3.05) is 18.4 Å². The maximum atomic E-state index is 13.0. The van der Waals surface area contributed by atoms with Crippen molar-refractivity contribution in [2.24, 2.45) is 5.92 Å². The van der Waals surface area contributed by atoms with Gasteiger partial charge < -0.3 is 20.0 Å². The topological polar surface area (TPSA) is 91.7 Å². The zero-order valence-corrected chi connectivity index (χ0v) is 17.4. The van der Waals surface area contributed by atoms with Crippen LogP contribution in [0.3, 0.4) is 0 Å². The molecule has 0 saturated heterocycles. The minimum absolute atomic E-state index is 0.0227. The number of amides is 3. The standard InChI is InChI=1S/C23H29N3O4/c1-17-7-5-10-19(13-17)25-21(27)14-24-22(28)16-26(15-20-11-6-12-30-20)23(29)18-8-3-2-4-9-18/h5-7,10-13,18H,2-4,8-9,14-16H2,1H3,(H,24,28)(H,25,27). The fourth-order valence-electron chi connectivity index (χ4n) is 3.75. The first-order valence-electron chi connectivity index (χ1n) is 10.5. The number of hydrogen-bond donors (Lipinski definition) is 2. The Kier molecular flexibility index (Phi) is 7.65. The summed E-state index contributed by atoms with van der Waals surface area (Å²) in [6.45, 7) is 1.92. The Morgan fingerprint density at radius 1 is 1.07 bits per heavy atom. The van der Waals surface area contributed by atoms with Gasteiger partial charge in [-0.2, -0.15) is 0 Å². The molecule has 1 aromatic carbocycles. The SMILES string of the molecule is Cc1cccc(NC(=O)CNC(=O)CN(Cc2ccco2)C(=O)C2CCCCC2)c1. The maximum absolute atomic E-state index is 13.0. The summed E-state index contributed by atoms with van der Waals surface area (Å²) in [6.07, 6.45) is 6.49. The van der Waals surface area contributed by atoms with E-state index in [1.807, 2.05) is 25.1 Å². The van der Waals surface area contributed by atoms with Crippen molar-refractivity contribution in [1.29, 1.82) is 0 Å². The predicted octanol–water partition coefficient (Wildman–Crippen LogP) is 3.25. The Bertz CT molecular complexity index is 857. The first kappa shape index (κ1) is 21.6. The zero-order chi connectivity index (χ0) is 21.3. The zero-order valence-electron chi connectivity index (χ0n) is 17.4. The highest BCUT2D eigenvalue weighted by molar-refractivity contribution is 5.95. The molecule has 1 fully saturated rings. The molecular formula is C23H29N3O4. The molecule has 7 heteroatoms. The molecule has 2 aromatic rings. The van der Waals surface area contributed by atoms with Gasteiger partial charge in [-0.05, 0) is 49.6 Å². The molecule has 7 nitrogen and oxygen atoms in total. The molecule has 1 saturated carbocycles. The highest BCUT2D eigenvalue weighted by Crippen LogP contribution is 2.26. The number of carbonyl (C=O) groups excluding carboxylic acids is 3. The number of benzene rings is 1. The molecule has 0 unspecified atom stereocenters. The van der Waals surface area contributed by atoms with E-state index in [1.165, 1.54) is 4.90 Å². The molecular weight excluding hydrogens is 382 g/mol. The molecule has 1 aromatic heterocycles. The van der Waals surface area contributed by atoms with E-state index in [0.29, 0.717) is 11.4 Å². The van der Waals surface area contributed by atoms with Crippen LogP contribution in [0.15, 0.2) is 47.1 Å². The van der Waals surface area contributed by atoms with Crippen molar-refractivity contribution in [3.8, 4) is 0 Å². The summed E-state index contributed by atoms with van der Waals surface area (Å²) in [6, 6.07) is 11.0. The van der Waals surface area contributed by atoms with Crippen molar-refractivity contribution in [3.63, 3.8) is 0 Å². The van der Waals surface area contributed by atoms with E-state index in [2.05, 4.69) is 10.6 Å². The second kappa shape index (κ2) is 10.6. The van der Waals surface area contributed by atoms with Crippen LogP contribution in [-0.4, -0.2) is 35.7 Å². The molecule has 0 bridgehead atoms. The van der Waals surface area contributed by atoms with Gasteiger partial charge in [0.2, 0.25) is 17.7 Å². The molecule has 1 aliphatic carbocycles. The van der Waals surface area contributed by atoms with E-state index in [-0.39, 0.29) is 43.3 Å². The Morgan fingerprint density at radius 2 is 1.87 bits per heavy atom. The lowest BCUT2D eigenvalue weighted by atomic mass is 9.88. The maximum Gasteiger partial charge on any atom is 0.243 e. The van der Waals surface area contributed by atoms with Crippen LogP contribution in [0.4, 0.5) is 5.69 Å². The Balaban J connectivity index is 1.54. The number of rotatable bonds is 8. The second-order valence-corrected chi connectivity index (χ2v) is 7.80. The molecule has 1 aliphatic rings. The van der Waals surface area contributed by atoms with Gasteiger partial charge in [-0.3, -0.25) is 14.4 Å². The minimum Gasteiger partial charge on any atom is -0.467 e. The summed E-state index contributed by atoms with van der Waals surface area (Å²) in [5, 5.41) is 5.36. The van der Waals surface area contributed by atoms with Gasteiger partial charge in [0.25, 0.3) is 0 Å². The van der Waals surface area contributed by atoms with Crippen molar-refractivity contribution >= 4 is 23.4 Å². The molecule has 0 atom stereocenters. The summed E-state index contributed by atoms with van der Waals surface area (Å²) in [4.78, 5) is 39.1. The van der Waals surface area contributed by atoms with Gasteiger partial charge in [-0.15, -0.1) is 0 Å². The monoisotopic (exact) mass is 411 g/mol. The third kappa shape index (κ3) is 6.47. The Morgan fingerprint density at radius 3 is 2.57 bits per heavy atom. The average Bonchev–Trinajstić information content (AvgIpc) is 3.25. The summed E-state index contributed by atoms with van der Waals surface area (Å²) < 4.78 is 5.37. The summed E-state index contributed by atoms with van der Waals surface area (Å²) in [7, 11) is 0. The Hall–Kier alpha value is -3.09. The third-order valence-corrected chi connectivity index (χ3v) is 5.28. The van der Waals surface area contributed by atoms with Crippen molar-refractivity contribution in [1.82, 2.24) is 10.2 Å². The van der Waals surface area contributed by atoms with Crippen LogP contribution >= 0.6 is 0 Å². The quantitative estimate of drug-likeness (QED) is 0.698. The van der Waals surface area contributed by atoms with Crippen LogP contribution in [0.1, 0.15) is 43.4 Å². The lowest BCUT2D eigenvalue weighted by Gasteiger charge is -2.28. The summed E-state index contributed by atoms with van der Waals surface area (Å²) in [5.74, 6) is -0.129. The van der Waals surface area contributed by atoms with E-state index >= 15 is 0 Å². The molecule has 3 amide bonds. The fourth-order valence-corrected chi connectivity index (χ4v) is 3.75. The van der Waals surface area contributed by atoms with Gasteiger partial charge in [0.05, 0.1) is 19.4 Å². The lowest BCUT2D eigenvalue weighted by Crippen LogP contribution is -2.44. The van der Waals surface area contributed by atoms with E-state index in [0.717, 1.165) is 37.7 Å². The van der Waals surface area contributed by atoms with Crippen molar-refractivity contribution in [2.45, 2.75) is 45.6 Å². The number of hydrogen-bond acceptors (Lipinski definition) is 4. The molecule has 0 spiro atoms. The normalized spacial score (nSPS) is 14.2. The van der Waals surface area contributed by atoms with Gasteiger partial charge in [0.15, 0.2) is 0 Å². The molecule has 0 radical (unpaired) electrons. The van der Waals surface area contributed by atoms with Crippen LogP contribution in [0.25, 0.3) is 0 Å². The van der Waals surface area contributed by atoms with Crippen LogP contribution < -0.4 is 10.6 Å². The second-order valence-electron chi connectivity index (χ2n) is 7.80. The predicted molar refractivity (Wildman–Crippen MR) is 114 cm³/mol. The number of aryl methyl sites for hydroxylation is 1. The smallest absolute Gasteiger partial charge is 0.243 e. The largest absolute Gasteiger partial charge is 0.467 e. The van der Waals surface area contributed by atoms with Crippen LogP contribution in [0.5, 0.6) is 0 Å². The van der Waals surface area contributed by atoms with Crippen molar-refractivity contribution in [3.05, 3.63) is 54.0 Å². The van der Waals surface area contributed by atoms with E-state index in [4.69, 9.17) is 4.42 Å². The first-order chi connectivity index (χ1) is 14.5. The molecule has 160 valence electrons. The van der Waals surface area contributed by atoms with Crippen LogP contribution in [0, 0.1) is 12.8 Å². The molecule has 3 rings (SSSR count). The first-order valence-corrected chi connectivity index (χ1v) is 10.5. The molecule has 30 heavy (non-hydrogen) atoms.